The number of guanidine groups is 1. The molecule has 0 spiro atoms. The fourth-order valence-electron chi connectivity index (χ4n) is 1.98. The highest BCUT2D eigenvalue weighted by Gasteiger charge is 1.99. The van der Waals surface area contributed by atoms with Crippen molar-refractivity contribution in [2.45, 2.75) is 19.9 Å². The molecule has 0 atom stereocenters. The lowest BCUT2D eigenvalue weighted by Crippen LogP contribution is -2.38. The van der Waals surface area contributed by atoms with E-state index in [0.29, 0.717) is 11.7 Å². The van der Waals surface area contributed by atoms with Crippen molar-refractivity contribution in [1.82, 2.24) is 15.6 Å². The molecule has 0 aliphatic rings. The first kappa shape index (κ1) is 16.3. The predicted molar refractivity (Wildman–Crippen MR) is 92.2 cm³/mol. The first-order chi connectivity index (χ1) is 10.8. The van der Waals surface area contributed by atoms with Crippen LogP contribution in [0.25, 0.3) is 0 Å². The number of benzene rings is 1. The Labute approximate surface area is 136 Å². The SMILES string of the molecule is CCNC(=NCc1ccccc1)NCCc1ccc(Cl)nc1. The van der Waals surface area contributed by atoms with Gasteiger partial charge in [0.15, 0.2) is 5.96 Å². The second-order valence-corrected chi connectivity index (χ2v) is 5.23. The van der Waals surface area contributed by atoms with Crippen LogP contribution < -0.4 is 10.6 Å². The zero-order valence-electron chi connectivity index (χ0n) is 12.7. The molecule has 0 amide bonds. The molecular weight excluding hydrogens is 296 g/mol. The molecule has 22 heavy (non-hydrogen) atoms. The summed E-state index contributed by atoms with van der Waals surface area (Å²) < 4.78 is 0. The molecule has 4 nitrogen and oxygen atoms in total. The van der Waals surface area contributed by atoms with Gasteiger partial charge in [0.25, 0.3) is 0 Å². The van der Waals surface area contributed by atoms with Gasteiger partial charge in [0, 0.05) is 19.3 Å². The second kappa shape index (κ2) is 9.05. The van der Waals surface area contributed by atoms with Crippen LogP contribution in [0.3, 0.4) is 0 Å². The third kappa shape index (κ3) is 5.74. The zero-order chi connectivity index (χ0) is 15.6. The number of nitrogens with one attached hydrogen (secondary N) is 2. The highest BCUT2D eigenvalue weighted by atomic mass is 35.5. The number of aliphatic imine (C=N–C) groups is 1. The smallest absolute Gasteiger partial charge is 0.191 e. The summed E-state index contributed by atoms with van der Waals surface area (Å²) in [6.45, 7) is 4.36. The lowest BCUT2D eigenvalue weighted by molar-refractivity contribution is 0.798. The molecule has 1 aromatic heterocycles. The predicted octanol–water partition coefficient (Wildman–Crippen LogP) is 3.03. The summed E-state index contributed by atoms with van der Waals surface area (Å²) in [5, 5.41) is 7.11. The largest absolute Gasteiger partial charge is 0.357 e. The highest BCUT2D eigenvalue weighted by Crippen LogP contribution is 2.05. The number of pyridine rings is 1. The number of nitrogens with zero attached hydrogens (tertiary/aromatic N) is 2. The maximum atomic E-state index is 5.78. The van der Waals surface area contributed by atoms with Gasteiger partial charge in [0.05, 0.1) is 6.54 Å². The summed E-state index contributed by atoms with van der Waals surface area (Å²) in [5.41, 5.74) is 2.34. The van der Waals surface area contributed by atoms with Gasteiger partial charge in [0.2, 0.25) is 0 Å². The topological polar surface area (TPSA) is 49.3 Å². The Balaban J connectivity index is 1.84. The number of rotatable bonds is 6. The summed E-state index contributed by atoms with van der Waals surface area (Å²) in [6, 6.07) is 14.0. The van der Waals surface area contributed by atoms with E-state index in [9.17, 15) is 0 Å². The molecule has 116 valence electrons. The van der Waals surface area contributed by atoms with E-state index in [1.165, 1.54) is 5.56 Å². The van der Waals surface area contributed by atoms with Crippen LogP contribution in [0.4, 0.5) is 0 Å². The Hall–Kier alpha value is -2.07. The quantitative estimate of drug-likeness (QED) is 0.489. The second-order valence-electron chi connectivity index (χ2n) is 4.85. The first-order valence-electron chi connectivity index (χ1n) is 7.44. The van der Waals surface area contributed by atoms with Crippen LogP contribution in [0.2, 0.25) is 5.15 Å². The fraction of sp³-hybridized carbons (Fsp3) is 0.294. The van der Waals surface area contributed by atoms with E-state index in [2.05, 4.69) is 39.7 Å². The minimum absolute atomic E-state index is 0.523. The number of hydrogen-bond donors (Lipinski definition) is 2. The molecule has 0 bridgehead atoms. The first-order valence-corrected chi connectivity index (χ1v) is 7.82. The summed E-state index contributed by atoms with van der Waals surface area (Å²) in [4.78, 5) is 8.67. The van der Waals surface area contributed by atoms with Crippen molar-refractivity contribution in [1.29, 1.82) is 0 Å². The monoisotopic (exact) mass is 316 g/mol. The third-order valence-electron chi connectivity index (χ3n) is 3.10. The van der Waals surface area contributed by atoms with E-state index in [1.807, 2.05) is 30.3 Å². The minimum atomic E-state index is 0.523. The van der Waals surface area contributed by atoms with Crippen molar-refractivity contribution in [2.24, 2.45) is 4.99 Å². The van der Waals surface area contributed by atoms with Crippen LogP contribution in [-0.2, 0) is 13.0 Å². The van der Waals surface area contributed by atoms with Crippen molar-refractivity contribution in [3.8, 4) is 0 Å². The Morgan fingerprint density at radius 3 is 2.59 bits per heavy atom. The maximum Gasteiger partial charge on any atom is 0.191 e. The fourth-order valence-corrected chi connectivity index (χ4v) is 2.09. The van der Waals surface area contributed by atoms with Crippen LogP contribution in [0, 0.1) is 0 Å². The Kier molecular flexibility index (Phi) is 6.71. The van der Waals surface area contributed by atoms with Gasteiger partial charge in [-0.25, -0.2) is 9.98 Å². The van der Waals surface area contributed by atoms with Gasteiger partial charge in [-0.15, -0.1) is 0 Å². The minimum Gasteiger partial charge on any atom is -0.357 e. The Morgan fingerprint density at radius 1 is 1.09 bits per heavy atom. The van der Waals surface area contributed by atoms with E-state index in [1.54, 1.807) is 6.20 Å². The van der Waals surface area contributed by atoms with Gasteiger partial charge in [-0.3, -0.25) is 0 Å². The van der Waals surface area contributed by atoms with Gasteiger partial charge in [-0.1, -0.05) is 48.0 Å². The van der Waals surface area contributed by atoms with Gasteiger partial charge in [-0.05, 0) is 30.5 Å². The van der Waals surface area contributed by atoms with E-state index in [4.69, 9.17) is 11.6 Å². The molecule has 5 heteroatoms. The van der Waals surface area contributed by atoms with Gasteiger partial charge >= 0.3 is 0 Å². The molecule has 2 rings (SSSR count). The van der Waals surface area contributed by atoms with Gasteiger partial charge < -0.3 is 10.6 Å². The van der Waals surface area contributed by atoms with Crippen molar-refractivity contribution in [2.75, 3.05) is 13.1 Å². The standard InChI is InChI=1S/C17H21ClN4/c1-2-19-17(22-13-14-6-4-3-5-7-14)20-11-10-15-8-9-16(18)21-12-15/h3-9,12H,2,10-11,13H2,1H3,(H2,19,20,22). The summed E-state index contributed by atoms with van der Waals surface area (Å²) in [6.07, 6.45) is 2.68. The average Bonchev–Trinajstić information content (AvgIpc) is 2.55. The number of aromatic nitrogens is 1. The van der Waals surface area contributed by atoms with Crippen molar-refractivity contribution in [3.05, 3.63) is 64.9 Å². The van der Waals surface area contributed by atoms with E-state index in [0.717, 1.165) is 31.0 Å². The summed E-state index contributed by atoms with van der Waals surface area (Å²) in [5.74, 6) is 0.827. The van der Waals surface area contributed by atoms with Gasteiger partial charge in [-0.2, -0.15) is 0 Å². The zero-order valence-corrected chi connectivity index (χ0v) is 13.5. The van der Waals surface area contributed by atoms with Crippen molar-refractivity contribution < 1.29 is 0 Å². The Bertz CT molecular complexity index is 581. The molecule has 1 aromatic carbocycles. The van der Waals surface area contributed by atoms with E-state index in [-0.39, 0.29) is 0 Å². The van der Waals surface area contributed by atoms with Crippen LogP contribution >= 0.6 is 11.6 Å². The molecule has 1 heterocycles. The normalized spacial score (nSPS) is 11.3. The number of halogens is 1. The molecule has 0 unspecified atom stereocenters. The van der Waals surface area contributed by atoms with E-state index < -0.39 is 0 Å². The molecule has 0 saturated heterocycles. The molecule has 0 aliphatic carbocycles. The van der Waals surface area contributed by atoms with E-state index >= 15 is 0 Å². The maximum absolute atomic E-state index is 5.78. The molecule has 0 radical (unpaired) electrons. The van der Waals surface area contributed by atoms with Crippen LogP contribution in [-0.4, -0.2) is 24.0 Å². The molecule has 0 aliphatic heterocycles. The van der Waals surface area contributed by atoms with Crippen LogP contribution in [0.15, 0.2) is 53.7 Å². The highest BCUT2D eigenvalue weighted by molar-refractivity contribution is 6.29. The third-order valence-corrected chi connectivity index (χ3v) is 3.33. The van der Waals surface area contributed by atoms with Crippen molar-refractivity contribution in [3.63, 3.8) is 0 Å². The summed E-state index contributed by atoms with van der Waals surface area (Å²) >= 11 is 5.78. The average molecular weight is 317 g/mol. The van der Waals surface area contributed by atoms with Crippen LogP contribution in [0.5, 0.6) is 0 Å². The lowest BCUT2D eigenvalue weighted by atomic mass is 10.2. The molecule has 0 saturated carbocycles. The summed E-state index contributed by atoms with van der Waals surface area (Å²) in [7, 11) is 0. The van der Waals surface area contributed by atoms with Gasteiger partial charge in [0.1, 0.15) is 5.15 Å². The van der Waals surface area contributed by atoms with Crippen molar-refractivity contribution >= 4 is 17.6 Å². The molecule has 0 fully saturated rings. The molecular formula is C17H21ClN4. The van der Waals surface area contributed by atoms with Crippen LogP contribution in [0.1, 0.15) is 18.1 Å². The molecule has 2 N–H and O–H groups in total. The molecule has 2 aromatic rings. The lowest BCUT2D eigenvalue weighted by Gasteiger charge is -2.11. The number of hydrogen-bond acceptors (Lipinski definition) is 2. The Morgan fingerprint density at radius 2 is 1.91 bits per heavy atom.